The van der Waals surface area contributed by atoms with Gasteiger partial charge in [0.25, 0.3) is 0 Å². The number of aliphatic carboxylic acids is 1. The van der Waals surface area contributed by atoms with Crippen molar-refractivity contribution < 1.29 is 24.9 Å². The molecule has 0 bridgehead atoms. The van der Waals surface area contributed by atoms with Crippen LogP contribution >= 0.6 is 15.9 Å². The first kappa shape index (κ1) is 16.7. The van der Waals surface area contributed by atoms with Crippen molar-refractivity contribution >= 4 is 28.0 Å². The van der Waals surface area contributed by atoms with E-state index in [2.05, 4.69) is 15.9 Å². The molecule has 0 fully saturated rings. The summed E-state index contributed by atoms with van der Waals surface area (Å²) in [5, 5.41) is 29.0. The highest BCUT2D eigenvalue weighted by molar-refractivity contribution is 9.09. The summed E-state index contributed by atoms with van der Waals surface area (Å²) >= 11 is 3.20. The van der Waals surface area contributed by atoms with Crippen molar-refractivity contribution in [2.45, 2.75) is 18.6 Å². The van der Waals surface area contributed by atoms with Crippen molar-refractivity contribution in [2.75, 3.05) is 12.4 Å². The van der Waals surface area contributed by atoms with Crippen molar-refractivity contribution in [3.05, 3.63) is 35.4 Å². The Hall–Kier alpha value is -1.37. The third-order valence-corrected chi connectivity index (χ3v) is 3.23. The normalized spacial score (nSPS) is 14.2. The number of aliphatic hydroxyl groups is 2. The van der Waals surface area contributed by atoms with Gasteiger partial charge in [-0.15, -0.1) is 0 Å². The lowest BCUT2D eigenvalue weighted by Crippen LogP contribution is -2.18. The lowest BCUT2D eigenvalue weighted by molar-refractivity contribution is -0.131. The molecule has 0 saturated heterocycles. The van der Waals surface area contributed by atoms with Gasteiger partial charge < -0.3 is 20.1 Å². The fourth-order valence-electron chi connectivity index (χ4n) is 1.72. The van der Waals surface area contributed by atoms with Crippen LogP contribution in [0.2, 0.25) is 0 Å². The van der Waals surface area contributed by atoms with E-state index in [0.29, 0.717) is 28.6 Å². The van der Waals surface area contributed by atoms with E-state index in [0.717, 1.165) is 6.08 Å². The fourth-order valence-corrected chi connectivity index (χ4v) is 2.19. The Kier molecular flexibility index (Phi) is 6.70. The van der Waals surface area contributed by atoms with Gasteiger partial charge in [-0.3, -0.25) is 0 Å². The van der Waals surface area contributed by atoms with Gasteiger partial charge in [-0.2, -0.15) is 0 Å². The summed E-state index contributed by atoms with van der Waals surface area (Å²) in [4.78, 5) is 10.6. The molecule has 110 valence electrons. The monoisotopic (exact) mass is 344 g/mol. The standard InChI is InChI=1S/C14H17BrO5/c1-20-12-4-2-10(14(19)11(16)6-7-15)8-9(12)3-5-13(17)18/h2-5,8,11,14,16,19H,6-7H2,1H3,(H,17,18)/b5-3+. The number of carboxylic acids is 1. The number of carbonyl (C=O) groups is 1. The van der Waals surface area contributed by atoms with E-state index in [-0.39, 0.29) is 0 Å². The second-order valence-corrected chi connectivity index (χ2v) is 4.96. The summed E-state index contributed by atoms with van der Waals surface area (Å²) in [6, 6.07) is 4.86. The number of aliphatic hydroxyl groups excluding tert-OH is 2. The number of alkyl halides is 1. The minimum Gasteiger partial charge on any atom is -0.496 e. The molecule has 1 aromatic rings. The molecule has 0 saturated carbocycles. The third-order valence-electron chi connectivity index (χ3n) is 2.77. The fraction of sp³-hybridized carbons (Fsp3) is 0.357. The summed E-state index contributed by atoms with van der Waals surface area (Å²) in [5.74, 6) is -0.578. The van der Waals surface area contributed by atoms with E-state index in [1.807, 2.05) is 0 Å². The minimum atomic E-state index is -1.07. The number of benzene rings is 1. The Morgan fingerprint density at radius 1 is 1.45 bits per heavy atom. The lowest BCUT2D eigenvalue weighted by atomic mass is 10.00. The van der Waals surface area contributed by atoms with Gasteiger partial charge in [0.2, 0.25) is 0 Å². The van der Waals surface area contributed by atoms with Crippen LogP contribution in [0.3, 0.4) is 0 Å². The van der Waals surface area contributed by atoms with E-state index < -0.39 is 18.2 Å². The number of carboxylic acid groups (broad SMARTS) is 1. The van der Waals surface area contributed by atoms with Gasteiger partial charge in [0.05, 0.1) is 13.2 Å². The Balaban J connectivity index is 3.05. The van der Waals surface area contributed by atoms with Gasteiger partial charge in [0.15, 0.2) is 0 Å². The molecular weight excluding hydrogens is 328 g/mol. The van der Waals surface area contributed by atoms with Crippen LogP contribution in [0.5, 0.6) is 5.75 Å². The van der Waals surface area contributed by atoms with Crippen LogP contribution in [0, 0.1) is 0 Å². The van der Waals surface area contributed by atoms with Gasteiger partial charge in [0, 0.05) is 17.0 Å². The van der Waals surface area contributed by atoms with Gasteiger partial charge in [0.1, 0.15) is 11.9 Å². The maximum atomic E-state index is 10.6. The maximum Gasteiger partial charge on any atom is 0.328 e. The van der Waals surface area contributed by atoms with E-state index in [1.54, 1.807) is 18.2 Å². The molecule has 1 aromatic carbocycles. The van der Waals surface area contributed by atoms with Crippen molar-refractivity contribution in [3.8, 4) is 5.75 Å². The molecular formula is C14H17BrO5. The molecule has 0 aliphatic rings. The van der Waals surface area contributed by atoms with E-state index in [4.69, 9.17) is 9.84 Å². The number of ether oxygens (including phenoxy) is 1. The molecule has 1 rings (SSSR count). The summed E-state index contributed by atoms with van der Waals surface area (Å²) in [5.41, 5.74) is 1.03. The van der Waals surface area contributed by atoms with Crippen LogP contribution in [-0.4, -0.2) is 39.8 Å². The number of rotatable bonds is 7. The highest BCUT2D eigenvalue weighted by Gasteiger charge is 2.18. The first-order valence-corrected chi connectivity index (χ1v) is 7.12. The molecule has 0 heterocycles. The Bertz CT molecular complexity index is 486. The van der Waals surface area contributed by atoms with E-state index in [1.165, 1.54) is 13.2 Å². The van der Waals surface area contributed by atoms with Gasteiger partial charge in [-0.25, -0.2) is 4.79 Å². The molecule has 0 radical (unpaired) electrons. The van der Waals surface area contributed by atoms with Crippen LogP contribution in [0.15, 0.2) is 24.3 Å². The Morgan fingerprint density at radius 2 is 2.15 bits per heavy atom. The highest BCUT2D eigenvalue weighted by atomic mass is 79.9. The largest absolute Gasteiger partial charge is 0.496 e. The Labute approximate surface area is 125 Å². The first-order chi connectivity index (χ1) is 9.49. The number of hydrogen-bond acceptors (Lipinski definition) is 4. The number of halogens is 1. The first-order valence-electron chi connectivity index (χ1n) is 6.00. The van der Waals surface area contributed by atoms with Gasteiger partial charge in [-0.1, -0.05) is 22.0 Å². The zero-order valence-corrected chi connectivity index (χ0v) is 12.6. The quantitative estimate of drug-likeness (QED) is 0.520. The van der Waals surface area contributed by atoms with Crippen LogP contribution in [0.25, 0.3) is 6.08 Å². The molecule has 0 aromatic heterocycles. The van der Waals surface area contributed by atoms with Crippen molar-refractivity contribution in [2.24, 2.45) is 0 Å². The molecule has 20 heavy (non-hydrogen) atoms. The van der Waals surface area contributed by atoms with Crippen molar-refractivity contribution in [3.63, 3.8) is 0 Å². The molecule has 2 unspecified atom stereocenters. The van der Waals surface area contributed by atoms with Gasteiger partial charge in [-0.05, 0) is 30.2 Å². The Morgan fingerprint density at radius 3 is 2.70 bits per heavy atom. The van der Waals surface area contributed by atoms with E-state index in [9.17, 15) is 15.0 Å². The molecule has 0 aliphatic heterocycles. The minimum absolute atomic E-state index is 0.410. The van der Waals surface area contributed by atoms with Gasteiger partial charge >= 0.3 is 5.97 Å². The summed E-state index contributed by atoms with van der Waals surface area (Å²) in [6.07, 6.45) is 0.861. The third kappa shape index (κ3) is 4.63. The molecule has 0 aliphatic carbocycles. The summed E-state index contributed by atoms with van der Waals surface area (Å²) in [6.45, 7) is 0. The highest BCUT2D eigenvalue weighted by Crippen LogP contribution is 2.27. The molecule has 3 N–H and O–H groups in total. The second-order valence-electron chi connectivity index (χ2n) is 4.16. The number of methoxy groups -OCH3 is 1. The predicted molar refractivity (Wildman–Crippen MR) is 79.0 cm³/mol. The van der Waals surface area contributed by atoms with Crippen LogP contribution in [-0.2, 0) is 4.79 Å². The smallest absolute Gasteiger partial charge is 0.328 e. The summed E-state index contributed by atoms with van der Waals surface area (Å²) in [7, 11) is 1.48. The molecule has 0 amide bonds. The van der Waals surface area contributed by atoms with Crippen LogP contribution in [0.1, 0.15) is 23.7 Å². The predicted octanol–water partition coefficient (Wildman–Crippen LogP) is 1.97. The SMILES string of the molecule is COc1ccc(C(O)C(O)CCBr)cc1/C=C/C(=O)O. The molecule has 0 spiro atoms. The van der Waals surface area contributed by atoms with Crippen molar-refractivity contribution in [1.29, 1.82) is 0 Å². The maximum absolute atomic E-state index is 10.6. The zero-order valence-electron chi connectivity index (χ0n) is 11.0. The van der Waals surface area contributed by atoms with Crippen LogP contribution in [0.4, 0.5) is 0 Å². The van der Waals surface area contributed by atoms with Crippen LogP contribution < -0.4 is 4.74 Å². The number of hydrogen-bond donors (Lipinski definition) is 3. The lowest BCUT2D eigenvalue weighted by Gasteiger charge is -2.18. The van der Waals surface area contributed by atoms with Crippen molar-refractivity contribution in [1.82, 2.24) is 0 Å². The molecule has 6 heteroatoms. The average molecular weight is 345 g/mol. The average Bonchev–Trinajstić information content (AvgIpc) is 2.44. The second kappa shape index (κ2) is 8.04. The van der Waals surface area contributed by atoms with E-state index >= 15 is 0 Å². The topological polar surface area (TPSA) is 87.0 Å². The summed E-state index contributed by atoms with van der Waals surface area (Å²) < 4.78 is 5.12. The zero-order chi connectivity index (χ0) is 15.1. The molecule has 5 nitrogen and oxygen atoms in total. The molecule has 2 atom stereocenters.